The van der Waals surface area contributed by atoms with Gasteiger partial charge in [-0.3, -0.25) is 0 Å². The molecule has 1 aliphatic rings. The molecule has 0 heterocycles. The molecule has 0 aromatic carbocycles. The molecule has 0 bridgehead atoms. The maximum atomic E-state index is 11.2. The second-order valence-electron chi connectivity index (χ2n) is 4.98. The molecule has 96 valence electrons. The second-order valence-corrected chi connectivity index (χ2v) is 7.24. The largest absolute Gasteiger partial charge is 0.314 e. The van der Waals surface area contributed by atoms with E-state index in [1.165, 1.54) is 38.4 Å². The third kappa shape index (κ3) is 5.30. The summed E-state index contributed by atoms with van der Waals surface area (Å²) in [6.07, 6.45) is 8.61. The van der Waals surface area contributed by atoms with E-state index in [4.69, 9.17) is 0 Å². The summed E-state index contributed by atoms with van der Waals surface area (Å²) in [5.41, 5.74) is 0. The van der Waals surface area contributed by atoms with Crippen molar-refractivity contribution in [1.82, 2.24) is 5.32 Å². The highest BCUT2D eigenvalue weighted by Gasteiger charge is 2.23. The molecule has 1 fully saturated rings. The lowest BCUT2D eigenvalue weighted by molar-refractivity contribution is 0.266. The Bertz CT molecular complexity index is 281. The first-order valence-corrected chi connectivity index (χ1v) is 8.50. The zero-order valence-corrected chi connectivity index (χ0v) is 11.4. The summed E-state index contributed by atoms with van der Waals surface area (Å²) in [7, 11) is -2.82. The predicted molar refractivity (Wildman–Crippen MR) is 68.4 cm³/mol. The molecule has 3 nitrogen and oxygen atoms in total. The average Bonchev–Trinajstić information content (AvgIpc) is 2.24. The SMILES string of the molecule is CCNC(CCS(C)(=O)=O)C1CCCCC1. The summed E-state index contributed by atoms with van der Waals surface area (Å²) < 4.78 is 22.4. The van der Waals surface area contributed by atoms with E-state index in [1.807, 2.05) is 0 Å². The molecule has 16 heavy (non-hydrogen) atoms. The van der Waals surface area contributed by atoms with Crippen LogP contribution in [0.5, 0.6) is 0 Å². The normalized spacial score (nSPS) is 20.9. The van der Waals surface area contributed by atoms with Crippen LogP contribution in [0.15, 0.2) is 0 Å². The van der Waals surface area contributed by atoms with Crippen LogP contribution in [0.25, 0.3) is 0 Å². The molecule has 1 rings (SSSR count). The average molecular weight is 247 g/mol. The molecular weight excluding hydrogens is 222 g/mol. The monoisotopic (exact) mass is 247 g/mol. The van der Waals surface area contributed by atoms with E-state index in [2.05, 4.69) is 12.2 Å². The minimum Gasteiger partial charge on any atom is -0.314 e. The van der Waals surface area contributed by atoms with E-state index >= 15 is 0 Å². The fourth-order valence-corrected chi connectivity index (χ4v) is 3.33. The number of hydrogen-bond donors (Lipinski definition) is 1. The first-order chi connectivity index (χ1) is 7.53. The van der Waals surface area contributed by atoms with Crippen molar-refractivity contribution in [2.45, 2.75) is 51.5 Å². The minimum atomic E-state index is -2.82. The fourth-order valence-electron chi connectivity index (χ4n) is 2.64. The molecule has 0 radical (unpaired) electrons. The third-order valence-corrected chi connectivity index (χ3v) is 4.46. The molecular formula is C12H25NO2S. The van der Waals surface area contributed by atoms with Gasteiger partial charge in [0.25, 0.3) is 0 Å². The zero-order chi connectivity index (χ0) is 12.0. The second kappa shape index (κ2) is 6.60. The molecule has 1 unspecified atom stereocenters. The maximum Gasteiger partial charge on any atom is 0.147 e. The number of rotatable bonds is 6. The van der Waals surface area contributed by atoms with Crippen molar-refractivity contribution in [2.75, 3.05) is 18.6 Å². The van der Waals surface area contributed by atoms with Gasteiger partial charge in [0.1, 0.15) is 9.84 Å². The van der Waals surface area contributed by atoms with E-state index in [1.54, 1.807) is 0 Å². The molecule has 0 aromatic rings. The van der Waals surface area contributed by atoms with Crippen molar-refractivity contribution in [1.29, 1.82) is 0 Å². The van der Waals surface area contributed by atoms with Gasteiger partial charge in [-0.2, -0.15) is 0 Å². The van der Waals surface area contributed by atoms with Crippen molar-refractivity contribution in [3.05, 3.63) is 0 Å². The number of hydrogen-bond acceptors (Lipinski definition) is 3. The predicted octanol–water partition coefficient (Wildman–Crippen LogP) is 1.98. The van der Waals surface area contributed by atoms with E-state index in [9.17, 15) is 8.42 Å². The summed E-state index contributed by atoms with van der Waals surface area (Å²) in [6.45, 7) is 3.03. The first-order valence-electron chi connectivity index (χ1n) is 6.44. The van der Waals surface area contributed by atoms with Gasteiger partial charge < -0.3 is 5.32 Å². The molecule has 0 aromatic heterocycles. The number of sulfone groups is 1. The smallest absolute Gasteiger partial charge is 0.147 e. The summed E-state index contributed by atoms with van der Waals surface area (Å²) in [4.78, 5) is 0. The summed E-state index contributed by atoms with van der Waals surface area (Å²) >= 11 is 0. The Balaban J connectivity index is 2.45. The van der Waals surface area contributed by atoms with E-state index in [-0.39, 0.29) is 0 Å². The number of nitrogens with one attached hydrogen (secondary N) is 1. The first kappa shape index (κ1) is 14.0. The summed E-state index contributed by atoms with van der Waals surface area (Å²) in [5.74, 6) is 1.01. The van der Waals surface area contributed by atoms with Gasteiger partial charge in [0.2, 0.25) is 0 Å². The van der Waals surface area contributed by atoms with Crippen LogP contribution in [-0.4, -0.2) is 33.0 Å². The van der Waals surface area contributed by atoms with Crippen LogP contribution >= 0.6 is 0 Å². The fraction of sp³-hybridized carbons (Fsp3) is 1.00. The van der Waals surface area contributed by atoms with Crippen molar-refractivity contribution in [2.24, 2.45) is 5.92 Å². The van der Waals surface area contributed by atoms with Crippen LogP contribution in [0.3, 0.4) is 0 Å². The van der Waals surface area contributed by atoms with Gasteiger partial charge in [-0.25, -0.2) is 8.42 Å². The standard InChI is InChI=1S/C12H25NO2S/c1-3-13-12(9-10-16(2,14)15)11-7-5-4-6-8-11/h11-13H,3-10H2,1-2H3. The Morgan fingerprint density at radius 3 is 2.38 bits per heavy atom. The quantitative estimate of drug-likeness (QED) is 0.780. The van der Waals surface area contributed by atoms with E-state index in [0.29, 0.717) is 17.7 Å². The van der Waals surface area contributed by atoms with Gasteiger partial charge in [0.05, 0.1) is 5.75 Å². The van der Waals surface area contributed by atoms with Crippen molar-refractivity contribution >= 4 is 9.84 Å². The van der Waals surface area contributed by atoms with Crippen LogP contribution in [0.2, 0.25) is 0 Å². The zero-order valence-electron chi connectivity index (χ0n) is 10.5. The molecule has 0 amide bonds. The van der Waals surface area contributed by atoms with Crippen molar-refractivity contribution < 1.29 is 8.42 Å². The van der Waals surface area contributed by atoms with Gasteiger partial charge in [-0.05, 0) is 31.7 Å². The Kier molecular flexibility index (Phi) is 5.76. The van der Waals surface area contributed by atoms with Crippen LogP contribution in [0.1, 0.15) is 45.4 Å². The molecule has 0 aliphatic heterocycles. The van der Waals surface area contributed by atoms with Crippen LogP contribution in [0, 0.1) is 5.92 Å². The Morgan fingerprint density at radius 1 is 1.25 bits per heavy atom. The topological polar surface area (TPSA) is 46.2 Å². The molecule has 1 N–H and O–H groups in total. The van der Waals surface area contributed by atoms with E-state index in [0.717, 1.165) is 13.0 Å². The lowest BCUT2D eigenvalue weighted by Gasteiger charge is -2.30. The van der Waals surface area contributed by atoms with Gasteiger partial charge in [0, 0.05) is 12.3 Å². The molecule has 1 atom stereocenters. The van der Waals surface area contributed by atoms with Gasteiger partial charge in [-0.15, -0.1) is 0 Å². The van der Waals surface area contributed by atoms with Crippen LogP contribution in [-0.2, 0) is 9.84 Å². The lowest BCUT2D eigenvalue weighted by Crippen LogP contribution is -2.38. The Hall–Kier alpha value is -0.0900. The highest BCUT2D eigenvalue weighted by molar-refractivity contribution is 7.90. The summed E-state index contributed by atoms with van der Waals surface area (Å²) in [6, 6.07) is 0.403. The lowest BCUT2D eigenvalue weighted by atomic mass is 9.83. The molecule has 0 saturated heterocycles. The molecule has 1 aliphatic carbocycles. The minimum absolute atomic E-state index is 0.321. The van der Waals surface area contributed by atoms with Gasteiger partial charge in [0.15, 0.2) is 0 Å². The Morgan fingerprint density at radius 2 is 1.88 bits per heavy atom. The highest BCUT2D eigenvalue weighted by Crippen LogP contribution is 2.27. The van der Waals surface area contributed by atoms with Crippen LogP contribution < -0.4 is 5.32 Å². The third-order valence-electron chi connectivity index (χ3n) is 3.48. The molecule has 4 heteroatoms. The van der Waals surface area contributed by atoms with Gasteiger partial charge >= 0.3 is 0 Å². The molecule has 1 saturated carbocycles. The van der Waals surface area contributed by atoms with Crippen molar-refractivity contribution in [3.63, 3.8) is 0 Å². The Labute approximate surface area is 99.9 Å². The van der Waals surface area contributed by atoms with E-state index < -0.39 is 9.84 Å². The summed E-state index contributed by atoms with van der Waals surface area (Å²) in [5, 5.41) is 3.46. The van der Waals surface area contributed by atoms with Gasteiger partial charge in [-0.1, -0.05) is 26.2 Å². The molecule has 0 spiro atoms. The maximum absolute atomic E-state index is 11.2. The van der Waals surface area contributed by atoms with Crippen LogP contribution in [0.4, 0.5) is 0 Å². The van der Waals surface area contributed by atoms with Crippen molar-refractivity contribution in [3.8, 4) is 0 Å². The highest BCUT2D eigenvalue weighted by atomic mass is 32.2.